The van der Waals surface area contributed by atoms with Gasteiger partial charge < -0.3 is 14.2 Å². The quantitative estimate of drug-likeness (QED) is 0.613. The number of rotatable bonds is 4. The van der Waals surface area contributed by atoms with Gasteiger partial charge in [0, 0.05) is 41.9 Å². The summed E-state index contributed by atoms with van der Waals surface area (Å²) in [6.07, 6.45) is 7.00. The monoisotopic (exact) mass is 414 g/mol. The van der Waals surface area contributed by atoms with E-state index in [1.807, 2.05) is 72.6 Å². The van der Waals surface area contributed by atoms with Crippen LogP contribution in [0.5, 0.6) is 0 Å². The van der Waals surface area contributed by atoms with Gasteiger partial charge in [0.2, 0.25) is 0 Å². The van der Waals surface area contributed by atoms with Gasteiger partial charge in [-0.05, 0) is 61.6 Å². The number of nitrogens with zero attached hydrogens (tertiary/aromatic N) is 2. The normalized spacial score (nSPS) is 22.4. The molecule has 0 saturated carbocycles. The maximum Gasteiger partial charge on any atom is 0.254 e. The first-order valence-corrected chi connectivity index (χ1v) is 10.9. The highest BCUT2D eigenvalue weighted by Crippen LogP contribution is 2.39. The number of furan rings is 1. The lowest BCUT2D eigenvalue weighted by molar-refractivity contribution is 0.0407. The number of amides is 2. The highest BCUT2D eigenvalue weighted by molar-refractivity contribution is 5.96. The van der Waals surface area contributed by atoms with Crippen molar-refractivity contribution in [1.82, 2.24) is 9.80 Å². The molecule has 0 N–H and O–H groups in total. The average Bonchev–Trinajstić information content (AvgIpc) is 3.44. The minimum absolute atomic E-state index is 0.0533. The summed E-state index contributed by atoms with van der Waals surface area (Å²) in [4.78, 5) is 30.3. The van der Waals surface area contributed by atoms with Crippen molar-refractivity contribution in [3.05, 3.63) is 84.3 Å². The Morgan fingerprint density at radius 3 is 2.29 bits per heavy atom. The zero-order valence-corrected chi connectivity index (χ0v) is 17.6. The van der Waals surface area contributed by atoms with E-state index < -0.39 is 0 Å². The zero-order valence-electron chi connectivity index (χ0n) is 17.6. The molecule has 2 atom stereocenters. The molecule has 2 aliphatic rings. The fourth-order valence-corrected chi connectivity index (χ4v) is 5.16. The van der Waals surface area contributed by atoms with Gasteiger partial charge in [-0.1, -0.05) is 30.3 Å². The van der Waals surface area contributed by atoms with Crippen LogP contribution in [0.4, 0.5) is 0 Å². The first-order chi connectivity index (χ1) is 15.1. The largest absolute Gasteiger partial charge is 0.472 e. The average molecular weight is 415 g/mol. The molecule has 2 aromatic carbocycles. The van der Waals surface area contributed by atoms with Gasteiger partial charge in [0.1, 0.15) is 0 Å². The van der Waals surface area contributed by atoms with Gasteiger partial charge in [-0.3, -0.25) is 9.59 Å². The van der Waals surface area contributed by atoms with E-state index in [1.165, 1.54) is 0 Å². The second-order valence-electron chi connectivity index (χ2n) is 8.60. The summed E-state index contributed by atoms with van der Waals surface area (Å²) in [7, 11) is 1.89. The van der Waals surface area contributed by atoms with Crippen LogP contribution in [0.3, 0.4) is 0 Å². The van der Waals surface area contributed by atoms with E-state index in [2.05, 4.69) is 4.90 Å². The van der Waals surface area contributed by atoms with E-state index in [9.17, 15) is 9.59 Å². The lowest BCUT2D eigenvalue weighted by Crippen LogP contribution is -2.52. The zero-order chi connectivity index (χ0) is 21.4. The van der Waals surface area contributed by atoms with Gasteiger partial charge in [0.15, 0.2) is 0 Å². The molecule has 0 radical (unpaired) electrons. The second-order valence-corrected chi connectivity index (χ2v) is 8.60. The number of benzene rings is 2. The molecule has 2 aliphatic heterocycles. The Bertz CT molecular complexity index is 1060. The van der Waals surface area contributed by atoms with Gasteiger partial charge in [0.25, 0.3) is 11.8 Å². The Morgan fingerprint density at radius 2 is 1.61 bits per heavy atom. The van der Waals surface area contributed by atoms with Crippen molar-refractivity contribution in [3.63, 3.8) is 0 Å². The number of hydrogen-bond acceptors (Lipinski definition) is 3. The molecule has 2 unspecified atom stereocenters. The molecule has 1 aromatic heterocycles. The standard InChI is InChI=1S/C26H26N2O3/c1-27(25(29)18-6-3-2-4-7-18)24-15-22-10-11-23(16-24)28(22)26(30)20-9-5-8-19(14-20)21-12-13-31-17-21/h2-9,12-14,17,22-24H,10-11,15-16H2,1H3. The molecule has 158 valence electrons. The summed E-state index contributed by atoms with van der Waals surface area (Å²) in [5, 5.41) is 0. The summed E-state index contributed by atoms with van der Waals surface area (Å²) in [5.74, 6) is 0.144. The third kappa shape index (κ3) is 3.65. The van der Waals surface area contributed by atoms with Crippen molar-refractivity contribution in [2.45, 2.75) is 43.8 Å². The van der Waals surface area contributed by atoms with Gasteiger partial charge in [-0.25, -0.2) is 0 Å². The molecule has 5 heteroatoms. The lowest BCUT2D eigenvalue weighted by Gasteiger charge is -2.42. The third-order valence-corrected chi connectivity index (χ3v) is 6.80. The van der Waals surface area contributed by atoms with Crippen LogP contribution in [0, 0.1) is 0 Å². The van der Waals surface area contributed by atoms with Gasteiger partial charge in [0.05, 0.1) is 12.5 Å². The molecule has 0 aliphatic carbocycles. The first-order valence-electron chi connectivity index (χ1n) is 10.9. The lowest BCUT2D eigenvalue weighted by atomic mass is 9.94. The van der Waals surface area contributed by atoms with Crippen LogP contribution < -0.4 is 0 Å². The highest BCUT2D eigenvalue weighted by Gasteiger charge is 2.45. The van der Waals surface area contributed by atoms with Crippen LogP contribution in [0.1, 0.15) is 46.4 Å². The van der Waals surface area contributed by atoms with Crippen LogP contribution in [0.2, 0.25) is 0 Å². The molecule has 2 amide bonds. The molecule has 5 rings (SSSR count). The van der Waals surface area contributed by atoms with E-state index in [0.717, 1.165) is 36.8 Å². The van der Waals surface area contributed by atoms with E-state index in [-0.39, 0.29) is 29.9 Å². The molecule has 0 spiro atoms. The van der Waals surface area contributed by atoms with Crippen molar-refractivity contribution in [1.29, 1.82) is 0 Å². The Balaban J connectivity index is 1.32. The van der Waals surface area contributed by atoms with E-state index >= 15 is 0 Å². The van der Waals surface area contributed by atoms with Crippen LogP contribution in [-0.2, 0) is 0 Å². The van der Waals surface area contributed by atoms with Gasteiger partial charge in [-0.15, -0.1) is 0 Å². The fourth-order valence-electron chi connectivity index (χ4n) is 5.16. The number of hydrogen-bond donors (Lipinski definition) is 0. The van der Waals surface area contributed by atoms with Gasteiger partial charge in [-0.2, -0.15) is 0 Å². The Labute approximate surface area is 182 Å². The first kappa shape index (κ1) is 19.6. The summed E-state index contributed by atoms with van der Waals surface area (Å²) in [6, 6.07) is 19.6. The number of fused-ring (bicyclic) bond motifs is 2. The number of piperidine rings is 1. The van der Waals surface area contributed by atoms with Crippen LogP contribution >= 0.6 is 0 Å². The minimum Gasteiger partial charge on any atom is -0.472 e. The molecule has 2 bridgehead atoms. The molecule has 3 aromatic rings. The van der Waals surface area contributed by atoms with Crippen LogP contribution in [-0.4, -0.2) is 46.8 Å². The second kappa shape index (κ2) is 8.06. The minimum atomic E-state index is 0.0533. The Morgan fingerprint density at radius 1 is 0.903 bits per heavy atom. The summed E-state index contributed by atoms with van der Waals surface area (Å²) in [6.45, 7) is 0. The molecule has 5 nitrogen and oxygen atoms in total. The highest BCUT2D eigenvalue weighted by atomic mass is 16.3. The van der Waals surface area contributed by atoms with Gasteiger partial charge >= 0.3 is 0 Å². The number of carbonyl (C=O) groups excluding carboxylic acids is 2. The molecular weight excluding hydrogens is 388 g/mol. The van der Waals surface area contributed by atoms with E-state index in [4.69, 9.17) is 4.42 Å². The van der Waals surface area contributed by atoms with Crippen molar-refractivity contribution in [3.8, 4) is 11.1 Å². The SMILES string of the molecule is CN(C(=O)c1ccccc1)C1CC2CCC(C1)N2C(=O)c1cccc(-c2ccoc2)c1. The van der Waals surface area contributed by atoms with Crippen LogP contribution in [0.25, 0.3) is 11.1 Å². The van der Waals surface area contributed by atoms with Crippen LogP contribution in [0.15, 0.2) is 77.6 Å². The molecule has 3 heterocycles. The Hall–Kier alpha value is -3.34. The predicted molar refractivity (Wildman–Crippen MR) is 119 cm³/mol. The fraction of sp³-hybridized carbons (Fsp3) is 0.308. The Kier molecular flexibility index (Phi) is 5.10. The third-order valence-electron chi connectivity index (χ3n) is 6.80. The van der Waals surface area contributed by atoms with E-state index in [1.54, 1.807) is 12.5 Å². The molecule has 2 saturated heterocycles. The van der Waals surface area contributed by atoms with Crippen molar-refractivity contribution < 1.29 is 14.0 Å². The summed E-state index contributed by atoms with van der Waals surface area (Å²) in [5.41, 5.74) is 3.38. The van der Waals surface area contributed by atoms with Crippen molar-refractivity contribution >= 4 is 11.8 Å². The van der Waals surface area contributed by atoms with Crippen molar-refractivity contribution in [2.75, 3.05) is 7.05 Å². The van der Waals surface area contributed by atoms with Crippen molar-refractivity contribution in [2.24, 2.45) is 0 Å². The topological polar surface area (TPSA) is 53.8 Å². The summed E-state index contributed by atoms with van der Waals surface area (Å²) >= 11 is 0. The van der Waals surface area contributed by atoms with E-state index in [0.29, 0.717) is 11.1 Å². The predicted octanol–water partition coefficient (Wildman–Crippen LogP) is 4.85. The summed E-state index contributed by atoms with van der Waals surface area (Å²) < 4.78 is 5.19. The number of carbonyl (C=O) groups is 2. The maximum atomic E-state index is 13.4. The smallest absolute Gasteiger partial charge is 0.254 e. The molecule has 31 heavy (non-hydrogen) atoms. The maximum absolute atomic E-state index is 13.4. The molecular formula is C26H26N2O3. The molecule has 2 fully saturated rings.